The van der Waals surface area contributed by atoms with Gasteiger partial charge in [-0.05, 0) is 23.9 Å². The second kappa shape index (κ2) is 6.77. The lowest BCUT2D eigenvalue weighted by atomic mass is 10.4. The van der Waals surface area contributed by atoms with Crippen molar-refractivity contribution in [3.8, 4) is 0 Å². The normalized spacial score (nSPS) is 11.0. The van der Waals surface area contributed by atoms with Crippen molar-refractivity contribution in [1.29, 1.82) is 0 Å². The summed E-state index contributed by atoms with van der Waals surface area (Å²) >= 11 is 5.47. The predicted molar refractivity (Wildman–Crippen MR) is 72.7 cm³/mol. The molecule has 0 radical (unpaired) electrons. The molecule has 0 saturated carbocycles. The second-order valence-electron chi connectivity index (χ2n) is 3.00. The molecule has 4 heteroatoms. The summed E-state index contributed by atoms with van der Waals surface area (Å²) in [7, 11) is 0. The topological polar surface area (TPSA) is 18.5 Å². The Morgan fingerprint density at radius 2 is 1.56 bits per heavy atom. The molecule has 0 unspecified atom stereocenters. The van der Waals surface area contributed by atoms with Gasteiger partial charge in [0.05, 0.1) is 13.2 Å². The molecule has 1 aromatic rings. The highest BCUT2D eigenvalue weighted by Crippen LogP contribution is 2.47. The van der Waals surface area contributed by atoms with E-state index in [0.717, 1.165) is 5.30 Å². The van der Waals surface area contributed by atoms with Gasteiger partial charge in [0.2, 0.25) is 6.49 Å². The standard InChI is InChI=1S/C12H15O2PS/c1-3-10-13-15(16,14-11-4-2)12-8-6-5-7-9-12/h3-9H,1-2,10-11H2. The summed E-state index contributed by atoms with van der Waals surface area (Å²) in [5.74, 6) is 0. The molecule has 1 aromatic carbocycles. The minimum atomic E-state index is -2.41. The Bertz CT molecular complexity index is 373. The first kappa shape index (κ1) is 13.3. The largest absolute Gasteiger partial charge is 0.322 e. The van der Waals surface area contributed by atoms with Gasteiger partial charge in [-0.3, -0.25) is 0 Å². The van der Waals surface area contributed by atoms with E-state index in [2.05, 4.69) is 13.2 Å². The Morgan fingerprint density at radius 3 is 2.00 bits per heavy atom. The first-order valence-electron chi connectivity index (χ1n) is 4.89. The van der Waals surface area contributed by atoms with Crippen molar-refractivity contribution in [3.05, 3.63) is 55.6 Å². The van der Waals surface area contributed by atoms with Gasteiger partial charge >= 0.3 is 0 Å². The highest BCUT2D eigenvalue weighted by Gasteiger charge is 2.20. The molecule has 16 heavy (non-hydrogen) atoms. The lowest BCUT2D eigenvalue weighted by Gasteiger charge is -2.21. The van der Waals surface area contributed by atoms with E-state index in [4.69, 9.17) is 20.9 Å². The van der Waals surface area contributed by atoms with E-state index >= 15 is 0 Å². The number of hydrogen-bond acceptors (Lipinski definition) is 3. The van der Waals surface area contributed by atoms with Gasteiger partial charge in [-0.1, -0.05) is 30.4 Å². The highest BCUT2D eigenvalue weighted by atomic mass is 32.5. The minimum Gasteiger partial charge on any atom is -0.322 e. The fourth-order valence-corrected chi connectivity index (χ4v) is 3.34. The highest BCUT2D eigenvalue weighted by molar-refractivity contribution is 8.13. The zero-order valence-electron chi connectivity index (χ0n) is 9.04. The molecular formula is C12H15O2PS. The van der Waals surface area contributed by atoms with Crippen molar-refractivity contribution in [2.24, 2.45) is 0 Å². The van der Waals surface area contributed by atoms with Crippen molar-refractivity contribution in [2.45, 2.75) is 0 Å². The van der Waals surface area contributed by atoms with Crippen LogP contribution in [0.1, 0.15) is 0 Å². The Hall–Kier alpha value is -0.730. The maximum absolute atomic E-state index is 5.60. The quantitative estimate of drug-likeness (QED) is 0.550. The fraction of sp³-hybridized carbons (Fsp3) is 0.167. The first-order valence-corrected chi connectivity index (χ1v) is 7.53. The molecule has 1 rings (SSSR count). The van der Waals surface area contributed by atoms with Crippen LogP contribution in [0, 0.1) is 0 Å². The third-order valence-electron chi connectivity index (χ3n) is 1.80. The zero-order chi connectivity index (χ0) is 11.9. The van der Waals surface area contributed by atoms with Gasteiger partial charge in [0, 0.05) is 5.30 Å². The monoisotopic (exact) mass is 254 g/mol. The van der Waals surface area contributed by atoms with Gasteiger partial charge < -0.3 is 9.05 Å². The molecule has 0 aliphatic rings. The Morgan fingerprint density at radius 1 is 1.06 bits per heavy atom. The Balaban J connectivity index is 2.89. The summed E-state index contributed by atoms with van der Waals surface area (Å²) in [6.45, 7) is 5.59. The minimum absolute atomic E-state index is 0.392. The van der Waals surface area contributed by atoms with Gasteiger partial charge in [0.1, 0.15) is 0 Å². The third kappa shape index (κ3) is 3.69. The number of benzene rings is 1. The average Bonchev–Trinajstić information content (AvgIpc) is 2.35. The average molecular weight is 254 g/mol. The molecule has 0 amide bonds. The molecule has 0 bridgehead atoms. The fourth-order valence-electron chi connectivity index (χ4n) is 1.10. The number of hydrogen-bond donors (Lipinski definition) is 0. The van der Waals surface area contributed by atoms with Crippen molar-refractivity contribution in [1.82, 2.24) is 0 Å². The Labute approximate surface area is 102 Å². The van der Waals surface area contributed by atoms with Crippen LogP contribution in [0.5, 0.6) is 0 Å². The smallest absolute Gasteiger partial charge is 0.220 e. The predicted octanol–water partition coefficient (Wildman–Crippen LogP) is 3.03. The molecule has 0 aliphatic carbocycles. The molecule has 0 aromatic heterocycles. The maximum Gasteiger partial charge on any atom is 0.220 e. The van der Waals surface area contributed by atoms with Gasteiger partial charge in [-0.25, -0.2) is 0 Å². The molecule has 0 saturated heterocycles. The summed E-state index contributed by atoms with van der Waals surface area (Å²) in [4.78, 5) is 0. The van der Waals surface area contributed by atoms with Crippen LogP contribution in [0.25, 0.3) is 0 Å². The molecule has 0 N–H and O–H groups in total. The van der Waals surface area contributed by atoms with Crippen molar-refractivity contribution in [3.63, 3.8) is 0 Å². The molecule has 86 valence electrons. The number of rotatable bonds is 7. The summed E-state index contributed by atoms with van der Waals surface area (Å²) in [6, 6.07) is 9.62. The molecule has 0 atom stereocenters. The molecule has 0 heterocycles. The van der Waals surface area contributed by atoms with Crippen LogP contribution in [0.15, 0.2) is 55.6 Å². The summed E-state index contributed by atoms with van der Waals surface area (Å²) < 4.78 is 11.2. The maximum atomic E-state index is 5.60. The van der Waals surface area contributed by atoms with Gasteiger partial charge in [-0.2, -0.15) is 0 Å². The Kier molecular flexibility index (Phi) is 5.64. The van der Waals surface area contributed by atoms with E-state index in [9.17, 15) is 0 Å². The van der Waals surface area contributed by atoms with Gasteiger partial charge in [-0.15, -0.1) is 13.2 Å². The molecule has 0 fully saturated rings. The van der Waals surface area contributed by atoms with Crippen LogP contribution in [0.3, 0.4) is 0 Å². The van der Waals surface area contributed by atoms with E-state index in [1.54, 1.807) is 12.2 Å². The van der Waals surface area contributed by atoms with Crippen LogP contribution in [0.2, 0.25) is 0 Å². The van der Waals surface area contributed by atoms with E-state index in [0.29, 0.717) is 13.2 Å². The summed E-state index contributed by atoms with van der Waals surface area (Å²) in [5.41, 5.74) is 0. The van der Waals surface area contributed by atoms with Crippen molar-refractivity contribution >= 4 is 23.6 Å². The lowest BCUT2D eigenvalue weighted by molar-refractivity contribution is 0.296. The van der Waals surface area contributed by atoms with Crippen LogP contribution >= 0.6 is 6.49 Å². The SMILES string of the molecule is C=CCOP(=S)(OCC=C)c1ccccc1. The van der Waals surface area contributed by atoms with Crippen molar-refractivity contribution in [2.75, 3.05) is 13.2 Å². The van der Waals surface area contributed by atoms with E-state index in [1.807, 2.05) is 30.3 Å². The molecule has 0 spiro atoms. The third-order valence-corrected chi connectivity index (χ3v) is 4.97. The van der Waals surface area contributed by atoms with Crippen LogP contribution < -0.4 is 5.30 Å². The summed E-state index contributed by atoms with van der Waals surface area (Å²) in [6.07, 6.45) is 3.34. The van der Waals surface area contributed by atoms with E-state index < -0.39 is 6.49 Å². The molecule has 0 aliphatic heterocycles. The zero-order valence-corrected chi connectivity index (χ0v) is 10.8. The van der Waals surface area contributed by atoms with E-state index in [-0.39, 0.29) is 0 Å². The lowest BCUT2D eigenvalue weighted by Crippen LogP contribution is -2.10. The van der Waals surface area contributed by atoms with Crippen LogP contribution in [-0.2, 0) is 20.9 Å². The summed E-state index contributed by atoms with van der Waals surface area (Å²) in [5, 5.41) is 0.911. The molecular weight excluding hydrogens is 239 g/mol. The van der Waals surface area contributed by atoms with Gasteiger partial charge in [0.15, 0.2) is 0 Å². The first-order chi connectivity index (χ1) is 7.73. The second-order valence-corrected chi connectivity index (χ2v) is 6.47. The van der Waals surface area contributed by atoms with E-state index in [1.165, 1.54) is 0 Å². The van der Waals surface area contributed by atoms with Crippen LogP contribution in [0.4, 0.5) is 0 Å². The van der Waals surface area contributed by atoms with Gasteiger partial charge in [0.25, 0.3) is 0 Å². The molecule has 2 nitrogen and oxygen atoms in total. The van der Waals surface area contributed by atoms with Crippen molar-refractivity contribution < 1.29 is 9.05 Å². The van der Waals surface area contributed by atoms with Crippen LogP contribution in [-0.4, -0.2) is 13.2 Å².